The van der Waals surface area contributed by atoms with E-state index in [0.717, 1.165) is 11.3 Å². The second-order valence-electron chi connectivity index (χ2n) is 6.61. The van der Waals surface area contributed by atoms with Gasteiger partial charge in [-0.25, -0.2) is 0 Å². The molecule has 0 bridgehead atoms. The number of likely N-dealkylation sites (tertiary alicyclic amines) is 1. The molecule has 1 aromatic rings. The fourth-order valence-corrected chi connectivity index (χ4v) is 2.71. The highest BCUT2D eigenvalue weighted by atomic mass is 16.5. The van der Waals surface area contributed by atoms with Crippen LogP contribution in [0.4, 0.5) is 0 Å². The molecule has 1 atom stereocenters. The van der Waals surface area contributed by atoms with Gasteiger partial charge in [-0.2, -0.15) is 0 Å². The van der Waals surface area contributed by atoms with Crippen molar-refractivity contribution < 1.29 is 14.3 Å². The minimum atomic E-state index is -0.276. The van der Waals surface area contributed by atoms with E-state index in [9.17, 15) is 9.59 Å². The number of hydrogen-bond donors (Lipinski definition) is 1. The van der Waals surface area contributed by atoms with E-state index < -0.39 is 0 Å². The average Bonchev–Trinajstić information content (AvgIpc) is 2.87. The number of carbonyl (C=O) groups is 2. The summed E-state index contributed by atoms with van der Waals surface area (Å²) in [7, 11) is 1.61. The highest BCUT2D eigenvalue weighted by Crippen LogP contribution is 2.26. The predicted octanol–water partition coefficient (Wildman–Crippen LogP) is 1.96. The molecule has 1 aromatic carbocycles. The van der Waals surface area contributed by atoms with Gasteiger partial charge in [0, 0.05) is 30.6 Å². The SMILES string of the molecule is COc1ccccc1CNC(=O)[C@H]1CC(=O)N(C(C)(C)C)C1. The Balaban J connectivity index is 1.95. The summed E-state index contributed by atoms with van der Waals surface area (Å²) in [5.41, 5.74) is 0.685. The minimum Gasteiger partial charge on any atom is -0.496 e. The molecule has 2 rings (SSSR count). The third-order valence-corrected chi connectivity index (χ3v) is 3.95. The van der Waals surface area contributed by atoms with Crippen LogP contribution in [0.25, 0.3) is 0 Å². The number of benzene rings is 1. The first-order valence-electron chi connectivity index (χ1n) is 7.53. The lowest BCUT2D eigenvalue weighted by Crippen LogP contribution is -2.43. The van der Waals surface area contributed by atoms with Crippen molar-refractivity contribution in [2.75, 3.05) is 13.7 Å². The standard InChI is InChI=1S/C17H24N2O3/c1-17(2,3)19-11-13(9-15(19)20)16(21)18-10-12-7-5-6-8-14(12)22-4/h5-8,13H,9-11H2,1-4H3,(H,18,21)/t13-/m0/s1. The number of nitrogens with zero attached hydrogens (tertiary/aromatic N) is 1. The molecular weight excluding hydrogens is 280 g/mol. The second kappa shape index (κ2) is 6.38. The summed E-state index contributed by atoms with van der Waals surface area (Å²) < 4.78 is 5.27. The Morgan fingerprint density at radius 1 is 1.36 bits per heavy atom. The van der Waals surface area contributed by atoms with Crippen LogP contribution >= 0.6 is 0 Å². The van der Waals surface area contributed by atoms with E-state index in [0.29, 0.717) is 13.1 Å². The van der Waals surface area contributed by atoms with Crippen LogP contribution in [0.15, 0.2) is 24.3 Å². The maximum Gasteiger partial charge on any atom is 0.225 e. The summed E-state index contributed by atoms with van der Waals surface area (Å²) in [5, 5.41) is 2.91. The summed E-state index contributed by atoms with van der Waals surface area (Å²) in [6.45, 7) is 6.85. The predicted molar refractivity (Wildman–Crippen MR) is 84.4 cm³/mol. The van der Waals surface area contributed by atoms with Crippen molar-refractivity contribution in [2.45, 2.75) is 39.3 Å². The number of ether oxygens (including phenoxy) is 1. The zero-order valence-electron chi connectivity index (χ0n) is 13.7. The number of hydrogen-bond acceptors (Lipinski definition) is 3. The molecule has 1 aliphatic heterocycles. The molecule has 0 aromatic heterocycles. The van der Waals surface area contributed by atoms with Crippen LogP contribution in [0.2, 0.25) is 0 Å². The summed E-state index contributed by atoms with van der Waals surface area (Å²) in [6.07, 6.45) is 0.287. The Morgan fingerprint density at radius 3 is 2.64 bits per heavy atom. The van der Waals surface area contributed by atoms with Crippen LogP contribution in [0.1, 0.15) is 32.8 Å². The zero-order valence-corrected chi connectivity index (χ0v) is 13.7. The smallest absolute Gasteiger partial charge is 0.225 e. The Labute approximate surface area is 131 Å². The monoisotopic (exact) mass is 304 g/mol. The minimum absolute atomic E-state index is 0.0462. The molecule has 1 N–H and O–H groups in total. The van der Waals surface area contributed by atoms with Gasteiger partial charge in [0.1, 0.15) is 5.75 Å². The largest absolute Gasteiger partial charge is 0.496 e. The number of methoxy groups -OCH3 is 1. The first-order valence-corrected chi connectivity index (χ1v) is 7.53. The third-order valence-electron chi connectivity index (χ3n) is 3.95. The topological polar surface area (TPSA) is 58.6 Å². The number of rotatable bonds is 4. The summed E-state index contributed by atoms with van der Waals surface area (Å²) >= 11 is 0. The molecule has 2 amide bonds. The van der Waals surface area contributed by atoms with Crippen molar-refractivity contribution in [1.82, 2.24) is 10.2 Å². The molecule has 1 heterocycles. The van der Waals surface area contributed by atoms with Gasteiger partial charge >= 0.3 is 0 Å². The van der Waals surface area contributed by atoms with Gasteiger partial charge in [-0.3, -0.25) is 9.59 Å². The van der Waals surface area contributed by atoms with Crippen LogP contribution in [-0.2, 0) is 16.1 Å². The molecule has 5 nitrogen and oxygen atoms in total. The Hall–Kier alpha value is -2.04. The molecule has 0 aliphatic carbocycles. The number of carbonyl (C=O) groups excluding carboxylic acids is 2. The van der Waals surface area contributed by atoms with Crippen molar-refractivity contribution in [3.63, 3.8) is 0 Å². The van der Waals surface area contributed by atoms with Gasteiger partial charge in [0.2, 0.25) is 11.8 Å². The first-order chi connectivity index (χ1) is 10.3. The summed E-state index contributed by atoms with van der Waals surface area (Å²) in [4.78, 5) is 26.1. The highest BCUT2D eigenvalue weighted by Gasteiger charge is 2.39. The maximum atomic E-state index is 12.3. The average molecular weight is 304 g/mol. The van der Waals surface area contributed by atoms with Crippen LogP contribution in [-0.4, -0.2) is 35.9 Å². The lowest BCUT2D eigenvalue weighted by molar-refractivity contribution is -0.132. The molecule has 5 heteroatoms. The maximum absolute atomic E-state index is 12.3. The van der Waals surface area contributed by atoms with Gasteiger partial charge in [0.25, 0.3) is 0 Å². The highest BCUT2D eigenvalue weighted by molar-refractivity contribution is 5.89. The van der Waals surface area contributed by atoms with Gasteiger partial charge in [-0.05, 0) is 26.8 Å². The molecule has 1 saturated heterocycles. The fourth-order valence-electron chi connectivity index (χ4n) is 2.71. The third kappa shape index (κ3) is 3.59. The Kier molecular flexibility index (Phi) is 4.74. The van der Waals surface area contributed by atoms with E-state index in [2.05, 4.69) is 5.32 Å². The van der Waals surface area contributed by atoms with Gasteiger partial charge in [-0.1, -0.05) is 18.2 Å². The van der Waals surface area contributed by atoms with E-state index in [-0.39, 0.29) is 29.7 Å². The Morgan fingerprint density at radius 2 is 2.05 bits per heavy atom. The molecule has 1 aliphatic rings. The van der Waals surface area contributed by atoms with Crippen molar-refractivity contribution >= 4 is 11.8 Å². The molecule has 0 spiro atoms. The van der Waals surface area contributed by atoms with Gasteiger partial charge in [0.05, 0.1) is 13.0 Å². The van der Waals surface area contributed by atoms with Crippen molar-refractivity contribution in [2.24, 2.45) is 5.92 Å². The van der Waals surface area contributed by atoms with Crippen LogP contribution < -0.4 is 10.1 Å². The molecule has 22 heavy (non-hydrogen) atoms. The number of para-hydroxylation sites is 1. The van der Waals surface area contributed by atoms with E-state index in [1.54, 1.807) is 12.0 Å². The quantitative estimate of drug-likeness (QED) is 0.925. The lowest BCUT2D eigenvalue weighted by Gasteiger charge is -2.31. The van der Waals surface area contributed by atoms with Crippen LogP contribution in [0.5, 0.6) is 5.75 Å². The molecule has 0 unspecified atom stereocenters. The molecular formula is C17H24N2O3. The Bertz CT molecular complexity index is 563. The van der Waals surface area contributed by atoms with E-state index in [1.165, 1.54) is 0 Å². The molecule has 0 radical (unpaired) electrons. The summed E-state index contributed by atoms with van der Waals surface area (Å²) in [6, 6.07) is 7.58. The van der Waals surface area contributed by atoms with Crippen molar-refractivity contribution in [3.8, 4) is 5.75 Å². The molecule has 0 saturated carbocycles. The number of nitrogens with one attached hydrogen (secondary N) is 1. The van der Waals surface area contributed by atoms with Gasteiger partial charge in [0.15, 0.2) is 0 Å². The zero-order chi connectivity index (χ0) is 16.3. The van der Waals surface area contributed by atoms with E-state index in [1.807, 2.05) is 45.0 Å². The second-order valence-corrected chi connectivity index (χ2v) is 6.61. The van der Waals surface area contributed by atoms with Gasteiger partial charge in [-0.15, -0.1) is 0 Å². The van der Waals surface area contributed by atoms with Crippen LogP contribution in [0, 0.1) is 5.92 Å². The van der Waals surface area contributed by atoms with Crippen molar-refractivity contribution in [3.05, 3.63) is 29.8 Å². The lowest BCUT2D eigenvalue weighted by atomic mass is 10.1. The van der Waals surface area contributed by atoms with Gasteiger partial charge < -0.3 is 15.0 Å². The summed E-state index contributed by atoms with van der Waals surface area (Å²) in [5.74, 6) is 0.444. The van der Waals surface area contributed by atoms with E-state index in [4.69, 9.17) is 4.74 Å². The fraction of sp³-hybridized carbons (Fsp3) is 0.529. The molecule has 1 fully saturated rings. The normalized spacial score (nSPS) is 18.5. The number of amides is 2. The molecule has 120 valence electrons. The first kappa shape index (κ1) is 16.3. The van der Waals surface area contributed by atoms with Crippen molar-refractivity contribution in [1.29, 1.82) is 0 Å². The van der Waals surface area contributed by atoms with Crippen LogP contribution in [0.3, 0.4) is 0 Å². The van der Waals surface area contributed by atoms with E-state index >= 15 is 0 Å².